The third-order valence-corrected chi connectivity index (χ3v) is 4.03. The molecule has 0 aromatic carbocycles. The normalized spacial score (nSPS) is 21.3. The Morgan fingerprint density at radius 2 is 2.18 bits per heavy atom. The number of esters is 1. The molecule has 5 heteroatoms. The van der Waals surface area contributed by atoms with Crippen molar-refractivity contribution >= 4 is 11.9 Å². The summed E-state index contributed by atoms with van der Waals surface area (Å²) in [5, 5.41) is 3.11. The summed E-state index contributed by atoms with van der Waals surface area (Å²) < 4.78 is 4.64. The van der Waals surface area contributed by atoms with Crippen LogP contribution in [0, 0.1) is 5.92 Å². The van der Waals surface area contributed by atoms with Gasteiger partial charge >= 0.3 is 5.97 Å². The molecule has 1 aliphatic heterocycles. The number of hydrogen-bond donors (Lipinski definition) is 1. The lowest BCUT2D eigenvalue weighted by Gasteiger charge is -2.32. The number of carbonyl (C=O) groups excluding carboxylic acids is 2. The molecule has 0 radical (unpaired) electrons. The molecule has 1 saturated heterocycles. The third kappa shape index (κ3) is 6.60. The van der Waals surface area contributed by atoms with Crippen molar-refractivity contribution < 1.29 is 14.3 Å². The summed E-state index contributed by atoms with van der Waals surface area (Å²) in [4.78, 5) is 25.8. The highest BCUT2D eigenvalue weighted by Gasteiger charge is 2.26. The Morgan fingerprint density at radius 3 is 2.82 bits per heavy atom. The van der Waals surface area contributed by atoms with Crippen molar-refractivity contribution in [2.45, 2.75) is 52.5 Å². The predicted molar refractivity (Wildman–Crippen MR) is 87.4 cm³/mol. The van der Waals surface area contributed by atoms with Gasteiger partial charge in [0.25, 0.3) is 0 Å². The van der Waals surface area contributed by atoms with Crippen LogP contribution in [0.15, 0.2) is 11.6 Å². The van der Waals surface area contributed by atoms with Gasteiger partial charge in [-0.15, -0.1) is 0 Å². The predicted octanol–water partition coefficient (Wildman–Crippen LogP) is 2.12. The van der Waals surface area contributed by atoms with Crippen LogP contribution in [0.5, 0.6) is 0 Å². The van der Waals surface area contributed by atoms with Crippen LogP contribution in [0.2, 0.25) is 0 Å². The molecule has 22 heavy (non-hydrogen) atoms. The zero-order valence-corrected chi connectivity index (χ0v) is 14.4. The molecule has 0 spiro atoms. The molecule has 2 atom stereocenters. The number of ether oxygens (including phenoxy) is 1. The summed E-state index contributed by atoms with van der Waals surface area (Å²) in [6, 6.07) is 0.244. The molecule has 2 unspecified atom stereocenters. The van der Waals surface area contributed by atoms with Crippen molar-refractivity contribution in [2.24, 2.45) is 5.92 Å². The Labute approximate surface area is 134 Å². The summed E-state index contributed by atoms with van der Waals surface area (Å²) in [5.41, 5.74) is 0.965. The van der Waals surface area contributed by atoms with E-state index in [2.05, 4.69) is 28.8 Å². The van der Waals surface area contributed by atoms with Crippen molar-refractivity contribution in [2.75, 3.05) is 26.7 Å². The van der Waals surface area contributed by atoms with Gasteiger partial charge in [-0.05, 0) is 39.7 Å². The standard InChI is InChI=1S/C17H30N2O3/c1-5-7-14(3)18-17(21)15-8-6-9-19(12-15)11-13(2)10-16(20)22-4/h10,14-15H,5-9,11-12H2,1-4H3,(H,18,21). The largest absolute Gasteiger partial charge is 0.466 e. The Balaban J connectivity index is 2.48. The number of amides is 1. The number of rotatable bonds is 7. The van der Waals surface area contributed by atoms with Gasteiger partial charge in [-0.2, -0.15) is 0 Å². The lowest BCUT2D eigenvalue weighted by Crippen LogP contribution is -2.45. The quantitative estimate of drug-likeness (QED) is 0.578. The fourth-order valence-electron chi connectivity index (χ4n) is 2.94. The Hall–Kier alpha value is -1.36. The summed E-state index contributed by atoms with van der Waals surface area (Å²) in [7, 11) is 1.38. The molecule has 0 saturated carbocycles. The highest BCUT2D eigenvalue weighted by molar-refractivity contribution is 5.82. The van der Waals surface area contributed by atoms with Crippen molar-refractivity contribution in [1.29, 1.82) is 0 Å². The first-order valence-corrected chi connectivity index (χ1v) is 8.24. The van der Waals surface area contributed by atoms with Crippen LogP contribution < -0.4 is 5.32 Å². The van der Waals surface area contributed by atoms with E-state index in [4.69, 9.17) is 0 Å². The van der Waals surface area contributed by atoms with Gasteiger partial charge in [0.15, 0.2) is 0 Å². The second kappa shape index (κ2) is 9.62. The van der Waals surface area contributed by atoms with Crippen LogP contribution in [0.1, 0.15) is 46.5 Å². The average molecular weight is 310 g/mol. The molecule has 0 aromatic heterocycles. The van der Waals surface area contributed by atoms with E-state index in [-0.39, 0.29) is 23.8 Å². The molecule has 1 heterocycles. The second-order valence-corrected chi connectivity index (χ2v) is 6.29. The number of piperidine rings is 1. The first-order chi connectivity index (χ1) is 10.5. The SMILES string of the molecule is CCCC(C)NC(=O)C1CCCN(CC(C)=CC(=O)OC)C1. The monoisotopic (exact) mass is 310 g/mol. The van der Waals surface area contributed by atoms with Gasteiger partial charge in [-0.3, -0.25) is 9.69 Å². The van der Waals surface area contributed by atoms with E-state index < -0.39 is 0 Å². The average Bonchev–Trinajstić information content (AvgIpc) is 2.47. The van der Waals surface area contributed by atoms with Gasteiger partial charge in [0.05, 0.1) is 13.0 Å². The molecule has 1 aliphatic rings. The van der Waals surface area contributed by atoms with Crippen LogP contribution in [0.25, 0.3) is 0 Å². The lowest BCUT2D eigenvalue weighted by atomic mass is 9.96. The Morgan fingerprint density at radius 1 is 1.45 bits per heavy atom. The minimum absolute atomic E-state index is 0.0546. The van der Waals surface area contributed by atoms with E-state index in [0.717, 1.165) is 44.3 Å². The molecular formula is C17H30N2O3. The topological polar surface area (TPSA) is 58.6 Å². The molecule has 1 amide bonds. The summed E-state index contributed by atoms with van der Waals surface area (Å²) in [6.07, 6.45) is 5.58. The van der Waals surface area contributed by atoms with Crippen LogP contribution in [-0.4, -0.2) is 49.6 Å². The molecule has 1 N–H and O–H groups in total. The number of likely N-dealkylation sites (tertiary alicyclic amines) is 1. The smallest absolute Gasteiger partial charge is 0.330 e. The number of carbonyl (C=O) groups is 2. The van der Waals surface area contributed by atoms with E-state index in [1.807, 2.05) is 6.92 Å². The van der Waals surface area contributed by atoms with Crippen LogP contribution >= 0.6 is 0 Å². The van der Waals surface area contributed by atoms with Gasteiger partial charge in [0.2, 0.25) is 5.91 Å². The van der Waals surface area contributed by atoms with Gasteiger partial charge in [-0.25, -0.2) is 4.79 Å². The van der Waals surface area contributed by atoms with Gasteiger partial charge in [0, 0.05) is 25.2 Å². The molecule has 5 nitrogen and oxygen atoms in total. The molecule has 0 aromatic rings. The van der Waals surface area contributed by atoms with Gasteiger partial charge in [-0.1, -0.05) is 18.9 Å². The van der Waals surface area contributed by atoms with Crippen LogP contribution in [0.3, 0.4) is 0 Å². The molecule has 1 rings (SSSR count). The summed E-state index contributed by atoms with van der Waals surface area (Å²) in [5.74, 6) is -0.101. The fraction of sp³-hybridized carbons (Fsp3) is 0.765. The summed E-state index contributed by atoms with van der Waals surface area (Å²) in [6.45, 7) is 8.55. The van der Waals surface area contributed by atoms with E-state index in [1.165, 1.54) is 13.2 Å². The first kappa shape index (κ1) is 18.7. The third-order valence-electron chi connectivity index (χ3n) is 4.03. The van der Waals surface area contributed by atoms with Crippen molar-refractivity contribution in [1.82, 2.24) is 10.2 Å². The zero-order valence-electron chi connectivity index (χ0n) is 14.4. The van der Waals surface area contributed by atoms with Crippen LogP contribution in [-0.2, 0) is 14.3 Å². The van der Waals surface area contributed by atoms with E-state index in [1.54, 1.807) is 0 Å². The minimum Gasteiger partial charge on any atom is -0.466 e. The molecule has 0 bridgehead atoms. The maximum atomic E-state index is 12.3. The van der Waals surface area contributed by atoms with Crippen molar-refractivity contribution in [3.05, 3.63) is 11.6 Å². The van der Waals surface area contributed by atoms with Crippen LogP contribution in [0.4, 0.5) is 0 Å². The Bertz CT molecular complexity index is 407. The summed E-state index contributed by atoms with van der Waals surface area (Å²) >= 11 is 0. The van der Waals surface area contributed by atoms with Gasteiger partial charge < -0.3 is 10.1 Å². The maximum absolute atomic E-state index is 12.3. The Kier molecular flexibility index (Phi) is 8.17. The fourth-order valence-corrected chi connectivity index (χ4v) is 2.94. The number of nitrogens with zero attached hydrogens (tertiary/aromatic N) is 1. The molecule has 1 fully saturated rings. The second-order valence-electron chi connectivity index (χ2n) is 6.29. The molecular weight excluding hydrogens is 280 g/mol. The van der Waals surface area contributed by atoms with E-state index in [9.17, 15) is 9.59 Å². The number of methoxy groups -OCH3 is 1. The highest BCUT2D eigenvalue weighted by atomic mass is 16.5. The zero-order chi connectivity index (χ0) is 16.5. The highest BCUT2D eigenvalue weighted by Crippen LogP contribution is 2.18. The van der Waals surface area contributed by atoms with E-state index in [0.29, 0.717) is 6.54 Å². The van der Waals surface area contributed by atoms with Crippen molar-refractivity contribution in [3.63, 3.8) is 0 Å². The first-order valence-electron chi connectivity index (χ1n) is 8.24. The molecule has 126 valence electrons. The maximum Gasteiger partial charge on any atom is 0.330 e. The van der Waals surface area contributed by atoms with Crippen molar-refractivity contribution in [3.8, 4) is 0 Å². The van der Waals surface area contributed by atoms with E-state index >= 15 is 0 Å². The minimum atomic E-state index is -0.322. The molecule has 0 aliphatic carbocycles. The lowest BCUT2D eigenvalue weighted by molar-refractivity contribution is -0.135. The van der Waals surface area contributed by atoms with Gasteiger partial charge in [0.1, 0.15) is 0 Å². The number of nitrogens with one attached hydrogen (secondary N) is 1. The number of hydrogen-bond acceptors (Lipinski definition) is 4.